The lowest BCUT2D eigenvalue weighted by atomic mass is 10.1. The highest BCUT2D eigenvalue weighted by Crippen LogP contribution is 2.28. The molecular weight excluding hydrogens is 328 g/mol. The Morgan fingerprint density at radius 1 is 1.15 bits per heavy atom. The smallest absolute Gasteiger partial charge is 0.251 e. The summed E-state index contributed by atoms with van der Waals surface area (Å²) in [7, 11) is 0. The summed E-state index contributed by atoms with van der Waals surface area (Å²) in [6.07, 6.45) is 0.785. The van der Waals surface area contributed by atoms with Gasteiger partial charge >= 0.3 is 0 Å². The molecule has 5 nitrogen and oxygen atoms in total. The number of nitrogens with one attached hydrogen (secondary N) is 1. The van der Waals surface area contributed by atoms with Crippen molar-refractivity contribution >= 4 is 17.5 Å². The Morgan fingerprint density at radius 2 is 1.92 bits per heavy atom. The average Bonchev–Trinajstić information content (AvgIpc) is 3.08. The number of fused-ring (bicyclic) bond motifs is 1. The van der Waals surface area contributed by atoms with Crippen LogP contribution in [0.2, 0.25) is 0 Å². The summed E-state index contributed by atoms with van der Waals surface area (Å²) in [5.41, 5.74) is 4.72. The molecule has 0 aliphatic carbocycles. The lowest BCUT2D eigenvalue weighted by molar-refractivity contribution is -0.116. The minimum atomic E-state index is -0.111. The lowest BCUT2D eigenvalue weighted by Gasteiger charge is -2.15. The molecule has 1 aliphatic heterocycles. The number of nitrogens with zero attached hydrogens (tertiary/aromatic N) is 1. The molecule has 2 amide bonds. The summed E-state index contributed by atoms with van der Waals surface area (Å²) in [5.74, 6) is -0.0767. The highest BCUT2D eigenvalue weighted by atomic mass is 16.5. The Bertz CT molecular complexity index is 817. The van der Waals surface area contributed by atoms with E-state index in [4.69, 9.17) is 4.74 Å². The van der Waals surface area contributed by atoms with Gasteiger partial charge in [-0.15, -0.1) is 0 Å². The van der Waals surface area contributed by atoms with Gasteiger partial charge in [-0.3, -0.25) is 9.59 Å². The Labute approximate surface area is 154 Å². The fourth-order valence-electron chi connectivity index (χ4n) is 3.23. The summed E-state index contributed by atoms with van der Waals surface area (Å²) in [4.78, 5) is 25.9. The first-order chi connectivity index (χ1) is 12.6. The van der Waals surface area contributed by atoms with Crippen LogP contribution in [0.15, 0.2) is 42.5 Å². The molecule has 0 aromatic heterocycles. The molecule has 0 atom stereocenters. The SMILES string of the molecule is CCOCc1ccccc1CNC(=O)c1ccc2c(c1)CCN2C(C)=O. The van der Waals surface area contributed by atoms with Crippen LogP contribution in [0, 0.1) is 0 Å². The van der Waals surface area contributed by atoms with Crippen LogP contribution in [-0.4, -0.2) is 25.0 Å². The third kappa shape index (κ3) is 3.94. The van der Waals surface area contributed by atoms with Crippen molar-refractivity contribution in [3.63, 3.8) is 0 Å². The third-order valence-electron chi connectivity index (χ3n) is 4.64. The zero-order valence-corrected chi connectivity index (χ0v) is 15.2. The second-order valence-electron chi connectivity index (χ2n) is 6.35. The van der Waals surface area contributed by atoms with Gasteiger partial charge in [0, 0.05) is 37.9 Å². The van der Waals surface area contributed by atoms with Crippen LogP contribution >= 0.6 is 0 Å². The van der Waals surface area contributed by atoms with E-state index in [1.54, 1.807) is 17.9 Å². The van der Waals surface area contributed by atoms with Gasteiger partial charge in [-0.2, -0.15) is 0 Å². The third-order valence-corrected chi connectivity index (χ3v) is 4.64. The number of ether oxygens (including phenoxy) is 1. The molecule has 26 heavy (non-hydrogen) atoms. The lowest BCUT2D eigenvalue weighted by Crippen LogP contribution is -2.26. The maximum absolute atomic E-state index is 12.5. The molecule has 0 radical (unpaired) electrons. The van der Waals surface area contributed by atoms with Gasteiger partial charge in [0.15, 0.2) is 0 Å². The molecule has 1 heterocycles. The van der Waals surface area contributed by atoms with Crippen LogP contribution < -0.4 is 10.2 Å². The quantitative estimate of drug-likeness (QED) is 0.869. The van der Waals surface area contributed by atoms with Crippen LogP contribution in [0.1, 0.15) is 40.9 Å². The van der Waals surface area contributed by atoms with Gasteiger partial charge < -0.3 is 15.0 Å². The molecule has 0 saturated carbocycles. The fourth-order valence-corrected chi connectivity index (χ4v) is 3.23. The van der Waals surface area contributed by atoms with E-state index in [0.717, 1.165) is 28.8 Å². The molecular formula is C21H24N2O3. The Balaban J connectivity index is 1.67. The zero-order valence-electron chi connectivity index (χ0n) is 15.2. The molecule has 5 heteroatoms. The molecule has 136 valence electrons. The molecule has 3 rings (SSSR count). The van der Waals surface area contributed by atoms with E-state index in [1.807, 2.05) is 43.3 Å². The van der Waals surface area contributed by atoms with Gasteiger partial charge in [0.05, 0.1) is 6.61 Å². The number of anilines is 1. The Morgan fingerprint density at radius 3 is 2.65 bits per heavy atom. The monoisotopic (exact) mass is 352 g/mol. The molecule has 0 bridgehead atoms. The number of carbonyl (C=O) groups is 2. The molecule has 1 N–H and O–H groups in total. The Hall–Kier alpha value is -2.66. The summed E-state index contributed by atoms with van der Waals surface area (Å²) < 4.78 is 5.49. The van der Waals surface area contributed by atoms with E-state index in [-0.39, 0.29) is 11.8 Å². The summed E-state index contributed by atoms with van der Waals surface area (Å²) in [6, 6.07) is 13.5. The number of rotatable bonds is 6. The first-order valence-electron chi connectivity index (χ1n) is 8.94. The predicted molar refractivity (Wildman–Crippen MR) is 101 cm³/mol. The van der Waals surface area contributed by atoms with E-state index in [1.165, 1.54) is 0 Å². The van der Waals surface area contributed by atoms with Crippen LogP contribution in [-0.2, 0) is 29.1 Å². The minimum absolute atomic E-state index is 0.0341. The zero-order chi connectivity index (χ0) is 18.5. The average molecular weight is 352 g/mol. The second-order valence-corrected chi connectivity index (χ2v) is 6.35. The summed E-state index contributed by atoms with van der Waals surface area (Å²) >= 11 is 0. The van der Waals surface area contributed by atoms with Gasteiger partial charge in [-0.05, 0) is 48.2 Å². The van der Waals surface area contributed by atoms with Crippen LogP contribution in [0.5, 0.6) is 0 Å². The molecule has 1 aliphatic rings. The van der Waals surface area contributed by atoms with Crippen LogP contribution in [0.3, 0.4) is 0 Å². The first-order valence-corrected chi connectivity index (χ1v) is 8.94. The highest BCUT2D eigenvalue weighted by Gasteiger charge is 2.23. The number of carbonyl (C=O) groups excluding carboxylic acids is 2. The van der Waals surface area contributed by atoms with Crippen molar-refractivity contribution in [2.24, 2.45) is 0 Å². The van der Waals surface area contributed by atoms with Gasteiger partial charge in [0.1, 0.15) is 0 Å². The normalized spacial score (nSPS) is 12.8. The van der Waals surface area contributed by atoms with E-state index in [0.29, 0.717) is 31.9 Å². The van der Waals surface area contributed by atoms with Crippen molar-refractivity contribution in [1.29, 1.82) is 0 Å². The fraction of sp³-hybridized carbons (Fsp3) is 0.333. The van der Waals surface area contributed by atoms with Gasteiger partial charge in [-0.25, -0.2) is 0 Å². The van der Waals surface area contributed by atoms with Crippen molar-refractivity contribution in [2.45, 2.75) is 33.4 Å². The summed E-state index contributed by atoms with van der Waals surface area (Å²) in [5, 5.41) is 2.98. The van der Waals surface area contributed by atoms with E-state index in [9.17, 15) is 9.59 Å². The van der Waals surface area contributed by atoms with Gasteiger partial charge in [0.25, 0.3) is 5.91 Å². The van der Waals surface area contributed by atoms with Gasteiger partial charge in [-0.1, -0.05) is 24.3 Å². The number of amides is 2. The molecule has 0 unspecified atom stereocenters. The van der Waals surface area contributed by atoms with Crippen molar-refractivity contribution in [1.82, 2.24) is 5.32 Å². The number of hydrogen-bond donors (Lipinski definition) is 1. The van der Waals surface area contributed by atoms with Crippen molar-refractivity contribution in [3.8, 4) is 0 Å². The number of benzene rings is 2. The minimum Gasteiger partial charge on any atom is -0.377 e. The van der Waals surface area contributed by atoms with E-state index in [2.05, 4.69) is 5.32 Å². The maximum Gasteiger partial charge on any atom is 0.251 e. The number of hydrogen-bond acceptors (Lipinski definition) is 3. The molecule has 0 saturated heterocycles. The van der Waals surface area contributed by atoms with Crippen molar-refractivity contribution in [3.05, 3.63) is 64.7 Å². The molecule has 2 aromatic carbocycles. The first kappa shape index (κ1) is 18.1. The standard InChI is InChI=1S/C21H24N2O3/c1-3-26-14-19-7-5-4-6-18(19)13-22-21(25)17-8-9-20-16(12-17)10-11-23(20)15(2)24/h4-9,12H,3,10-11,13-14H2,1-2H3,(H,22,25). The van der Waals surface area contributed by atoms with Crippen LogP contribution in [0.4, 0.5) is 5.69 Å². The second kappa shape index (κ2) is 8.15. The topological polar surface area (TPSA) is 58.6 Å². The summed E-state index contributed by atoms with van der Waals surface area (Å²) in [6.45, 7) is 5.87. The van der Waals surface area contributed by atoms with Crippen LogP contribution in [0.25, 0.3) is 0 Å². The van der Waals surface area contributed by atoms with E-state index >= 15 is 0 Å². The van der Waals surface area contributed by atoms with Gasteiger partial charge in [0.2, 0.25) is 5.91 Å². The van der Waals surface area contributed by atoms with E-state index < -0.39 is 0 Å². The maximum atomic E-state index is 12.5. The highest BCUT2D eigenvalue weighted by molar-refractivity contribution is 5.97. The molecule has 2 aromatic rings. The Kier molecular flexibility index (Phi) is 5.68. The van der Waals surface area contributed by atoms with Crippen molar-refractivity contribution in [2.75, 3.05) is 18.1 Å². The largest absolute Gasteiger partial charge is 0.377 e. The molecule has 0 fully saturated rings. The predicted octanol–water partition coefficient (Wildman–Crippen LogP) is 3.06. The van der Waals surface area contributed by atoms with Crippen molar-refractivity contribution < 1.29 is 14.3 Å². The molecule has 0 spiro atoms.